The normalized spacial score (nSPS) is 11.3. The standard InChI is InChI=1S/C24H15BrClN3O4S/c1-2-12-10-16(25)20-17(11-12)28-24(33-20)13-6-8-14(9-7-13)27-23(30)22-19(26)15-4-3-5-18(29(31)32)21(15)34-22/h3-11H,2H2,1H3,(H,27,30). The Bertz CT molecular complexity index is 1590. The van der Waals surface area contributed by atoms with Gasteiger partial charge in [-0.3, -0.25) is 14.9 Å². The molecule has 0 spiro atoms. The molecule has 0 unspecified atom stereocenters. The smallest absolute Gasteiger partial charge is 0.287 e. The molecule has 5 rings (SSSR count). The van der Waals surface area contributed by atoms with E-state index in [1.54, 1.807) is 36.4 Å². The van der Waals surface area contributed by atoms with Gasteiger partial charge in [0.1, 0.15) is 15.1 Å². The van der Waals surface area contributed by atoms with Crippen LogP contribution >= 0.6 is 38.9 Å². The Hall–Kier alpha value is -3.27. The van der Waals surface area contributed by atoms with Crippen LogP contribution in [-0.2, 0) is 6.42 Å². The van der Waals surface area contributed by atoms with Crippen LogP contribution in [-0.4, -0.2) is 15.8 Å². The van der Waals surface area contributed by atoms with Gasteiger partial charge in [-0.15, -0.1) is 11.3 Å². The molecule has 2 aromatic heterocycles. The lowest BCUT2D eigenvalue weighted by atomic mass is 10.1. The Morgan fingerprint density at radius 3 is 2.71 bits per heavy atom. The van der Waals surface area contributed by atoms with Crippen molar-refractivity contribution in [2.75, 3.05) is 5.32 Å². The molecule has 0 aliphatic carbocycles. The van der Waals surface area contributed by atoms with Crippen LogP contribution in [0.15, 0.2) is 63.5 Å². The number of nitrogens with one attached hydrogen (secondary N) is 1. The summed E-state index contributed by atoms with van der Waals surface area (Å²) in [6.45, 7) is 2.08. The van der Waals surface area contributed by atoms with Gasteiger partial charge in [-0.1, -0.05) is 30.7 Å². The highest BCUT2D eigenvalue weighted by molar-refractivity contribution is 9.10. The molecule has 3 aromatic carbocycles. The third-order valence-electron chi connectivity index (χ3n) is 5.34. The molecule has 10 heteroatoms. The van der Waals surface area contributed by atoms with E-state index in [0.29, 0.717) is 27.2 Å². The number of nitro groups is 1. The van der Waals surface area contributed by atoms with Crippen molar-refractivity contribution < 1.29 is 14.1 Å². The van der Waals surface area contributed by atoms with Crippen molar-refractivity contribution >= 4 is 77.3 Å². The van der Waals surface area contributed by atoms with Crippen molar-refractivity contribution in [3.63, 3.8) is 0 Å². The van der Waals surface area contributed by atoms with E-state index < -0.39 is 10.8 Å². The molecule has 2 heterocycles. The van der Waals surface area contributed by atoms with Gasteiger partial charge in [0.2, 0.25) is 5.89 Å². The van der Waals surface area contributed by atoms with E-state index in [1.165, 1.54) is 6.07 Å². The van der Waals surface area contributed by atoms with E-state index in [0.717, 1.165) is 38.9 Å². The number of fused-ring (bicyclic) bond motifs is 2. The Balaban J connectivity index is 1.41. The SMILES string of the molecule is CCc1cc(Br)c2oc(-c3ccc(NC(=O)c4sc5c([N+](=O)[O-])cccc5c4Cl)cc3)nc2c1. The number of thiophene rings is 1. The highest BCUT2D eigenvalue weighted by Crippen LogP contribution is 2.40. The molecule has 7 nitrogen and oxygen atoms in total. The minimum absolute atomic E-state index is 0.0798. The van der Waals surface area contributed by atoms with Crippen molar-refractivity contribution in [3.8, 4) is 11.5 Å². The summed E-state index contributed by atoms with van der Waals surface area (Å²) in [6.07, 6.45) is 0.891. The number of amides is 1. The average Bonchev–Trinajstić information content (AvgIpc) is 3.41. The average molecular weight is 557 g/mol. The van der Waals surface area contributed by atoms with Crippen LogP contribution in [0.3, 0.4) is 0 Å². The van der Waals surface area contributed by atoms with Gasteiger partial charge >= 0.3 is 0 Å². The Kier molecular flexibility index (Phi) is 5.85. The summed E-state index contributed by atoms with van der Waals surface area (Å²) < 4.78 is 7.16. The van der Waals surface area contributed by atoms with Crippen LogP contribution in [0, 0.1) is 10.1 Å². The minimum Gasteiger partial charge on any atom is -0.435 e. The van der Waals surface area contributed by atoms with Gasteiger partial charge < -0.3 is 9.73 Å². The summed E-state index contributed by atoms with van der Waals surface area (Å²) >= 11 is 10.9. The predicted octanol–water partition coefficient (Wildman–Crippen LogP) is 7.85. The van der Waals surface area contributed by atoms with Gasteiger partial charge in [-0.05, 0) is 64.3 Å². The van der Waals surface area contributed by atoms with E-state index in [1.807, 2.05) is 12.1 Å². The lowest BCUT2D eigenvalue weighted by molar-refractivity contribution is -0.382. The van der Waals surface area contributed by atoms with Crippen molar-refractivity contribution in [2.45, 2.75) is 13.3 Å². The van der Waals surface area contributed by atoms with Crippen LogP contribution in [0.2, 0.25) is 5.02 Å². The number of aromatic nitrogens is 1. The highest BCUT2D eigenvalue weighted by Gasteiger charge is 2.23. The molecule has 0 bridgehead atoms. The maximum atomic E-state index is 12.9. The summed E-state index contributed by atoms with van der Waals surface area (Å²) in [5.74, 6) is 0.0350. The number of halogens is 2. The van der Waals surface area contributed by atoms with Gasteiger partial charge in [0.05, 0.1) is 14.4 Å². The van der Waals surface area contributed by atoms with Crippen molar-refractivity contribution in [3.05, 3.63) is 84.6 Å². The zero-order valence-electron chi connectivity index (χ0n) is 17.6. The van der Waals surface area contributed by atoms with E-state index in [-0.39, 0.29) is 15.6 Å². The first kappa shape index (κ1) is 22.5. The molecule has 5 aromatic rings. The molecular weight excluding hydrogens is 542 g/mol. The second-order valence-electron chi connectivity index (χ2n) is 7.49. The fraction of sp³-hybridized carbons (Fsp3) is 0.0833. The number of non-ortho nitro benzene ring substituents is 1. The number of oxazole rings is 1. The second-order valence-corrected chi connectivity index (χ2v) is 9.74. The van der Waals surface area contributed by atoms with E-state index in [2.05, 4.69) is 33.2 Å². The monoisotopic (exact) mass is 555 g/mol. The Labute approximate surface area is 210 Å². The molecule has 0 saturated heterocycles. The fourth-order valence-corrected chi connectivity index (χ4v) is 5.69. The van der Waals surface area contributed by atoms with Crippen molar-refractivity contribution in [1.29, 1.82) is 0 Å². The number of rotatable bonds is 5. The number of carbonyl (C=O) groups excluding carboxylic acids is 1. The van der Waals surface area contributed by atoms with Gasteiger partial charge in [-0.25, -0.2) is 4.98 Å². The molecule has 0 radical (unpaired) electrons. The number of benzene rings is 3. The summed E-state index contributed by atoms with van der Waals surface area (Å²) in [5, 5.41) is 14.8. The van der Waals surface area contributed by atoms with Gasteiger partial charge in [0.25, 0.3) is 11.6 Å². The van der Waals surface area contributed by atoms with Crippen LogP contribution in [0.4, 0.5) is 11.4 Å². The zero-order valence-corrected chi connectivity index (χ0v) is 20.8. The molecule has 0 atom stereocenters. The Morgan fingerprint density at radius 1 is 1.24 bits per heavy atom. The summed E-state index contributed by atoms with van der Waals surface area (Å²) in [5.41, 5.74) is 3.83. The van der Waals surface area contributed by atoms with E-state index in [4.69, 9.17) is 16.0 Å². The third-order valence-corrected chi connectivity index (χ3v) is 7.66. The van der Waals surface area contributed by atoms with Gasteiger partial charge in [0, 0.05) is 22.7 Å². The highest BCUT2D eigenvalue weighted by atomic mass is 79.9. The fourth-order valence-electron chi connectivity index (χ4n) is 3.62. The third kappa shape index (κ3) is 3.96. The number of nitrogens with zero attached hydrogens (tertiary/aromatic N) is 2. The number of carbonyl (C=O) groups is 1. The maximum absolute atomic E-state index is 12.9. The van der Waals surface area contributed by atoms with Crippen LogP contribution in [0.1, 0.15) is 22.2 Å². The number of anilines is 1. The maximum Gasteiger partial charge on any atom is 0.287 e. The lowest BCUT2D eigenvalue weighted by Crippen LogP contribution is -2.10. The molecule has 1 amide bonds. The molecule has 0 saturated carbocycles. The van der Waals surface area contributed by atoms with Crippen molar-refractivity contribution in [1.82, 2.24) is 4.98 Å². The topological polar surface area (TPSA) is 98.3 Å². The molecule has 0 fully saturated rings. The number of nitro benzene ring substituents is 1. The molecule has 170 valence electrons. The van der Waals surface area contributed by atoms with E-state index in [9.17, 15) is 14.9 Å². The first-order valence-electron chi connectivity index (χ1n) is 10.2. The first-order valence-corrected chi connectivity index (χ1v) is 12.2. The number of aryl methyl sites for hydroxylation is 1. The quantitative estimate of drug-likeness (QED) is 0.176. The van der Waals surface area contributed by atoms with Crippen LogP contribution in [0.5, 0.6) is 0 Å². The molecule has 0 aliphatic heterocycles. The largest absolute Gasteiger partial charge is 0.435 e. The summed E-state index contributed by atoms with van der Waals surface area (Å²) in [4.78, 5) is 28.5. The van der Waals surface area contributed by atoms with Gasteiger partial charge in [-0.2, -0.15) is 0 Å². The number of hydrogen-bond donors (Lipinski definition) is 1. The summed E-state index contributed by atoms with van der Waals surface area (Å²) in [7, 11) is 0. The molecule has 34 heavy (non-hydrogen) atoms. The molecule has 0 aliphatic rings. The molecule has 1 N–H and O–H groups in total. The first-order chi connectivity index (χ1) is 16.4. The zero-order chi connectivity index (χ0) is 24.0. The predicted molar refractivity (Wildman–Crippen MR) is 138 cm³/mol. The van der Waals surface area contributed by atoms with Gasteiger partial charge in [0.15, 0.2) is 5.58 Å². The van der Waals surface area contributed by atoms with E-state index >= 15 is 0 Å². The van der Waals surface area contributed by atoms with Crippen molar-refractivity contribution in [2.24, 2.45) is 0 Å². The molecular formula is C24H15BrClN3O4S. The van der Waals surface area contributed by atoms with Crippen LogP contribution in [0.25, 0.3) is 32.6 Å². The number of hydrogen-bond acceptors (Lipinski definition) is 6. The Morgan fingerprint density at radius 2 is 2.00 bits per heavy atom. The van der Waals surface area contributed by atoms with Crippen LogP contribution < -0.4 is 5.32 Å². The lowest BCUT2D eigenvalue weighted by Gasteiger charge is -2.04. The second kappa shape index (κ2) is 8.83. The minimum atomic E-state index is -0.483. The summed E-state index contributed by atoms with van der Waals surface area (Å²) in [6, 6.07) is 15.7.